The fraction of sp³-hybridized carbons (Fsp3) is 0.727. The Morgan fingerprint density at radius 1 is 1.35 bits per heavy atom. The van der Waals surface area contributed by atoms with Crippen molar-refractivity contribution in [3.63, 3.8) is 0 Å². The van der Waals surface area contributed by atoms with Crippen LogP contribution in [0, 0.1) is 11.8 Å². The third-order valence-corrected chi connectivity index (χ3v) is 3.42. The van der Waals surface area contributed by atoms with Gasteiger partial charge in [0.2, 0.25) is 11.8 Å². The first kappa shape index (κ1) is 14.6. The van der Waals surface area contributed by atoms with E-state index in [9.17, 15) is 18.0 Å². The molecule has 112 valence electrons. The molecular formula is C11H15F3N4O2. The molecule has 0 bridgehead atoms. The summed E-state index contributed by atoms with van der Waals surface area (Å²) in [6, 6.07) is -0.153. The number of alkyl halides is 3. The molecule has 0 radical (unpaired) electrons. The van der Waals surface area contributed by atoms with Crippen molar-refractivity contribution in [3.8, 4) is 0 Å². The lowest BCUT2D eigenvalue weighted by Crippen LogP contribution is -2.42. The number of halogens is 3. The minimum absolute atomic E-state index is 0.00487. The highest BCUT2D eigenvalue weighted by molar-refractivity contribution is 5.79. The van der Waals surface area contributed by atoms with E-state index in [1.165, 1.54) is 0 Å². The van der Waals surface area contributed by atoms with Crippen molar-refractivity contribution >= 4 is 11.9 Å². The van der Waals surface area contributed by atoms with E-state index in [0.29, 0.717) is 12.8 Å². The number of carbonyl (C=O) groups excluding carboxylic acids is 1. The highest BCUT2D eigenvalue weighted by Crippen LogP contribution is 2.41. The van der Waals surface area contributed by atoms with Gasteiger partial charge in [0.1, 0.15) is 0 Å². The average molecular weight is 292 g/mol. The molecule has 1 fully saturated rings. The van der Waals surface area contributed by atoms with Crippen LogP contribution in [0.3, 0.4) is 0 Å². The number of hydrogen-bond donors (Lipinski definition) is 2. The first-order valence-electron chi connectivity index (χ1n) is 6.30. The topological polar surface area (TPSA) is 94.0 Å². The van der Waals surface area contributed by atoms with E-state index < -0.39 is 23.9 Å². The van der Waals surface area contributed by atoms with E-state index in [2.05, 4.69) is 15.5 Å². The van der Waals surface area contributed by atoms with Gasteiger partial charge in [0.15, 0.2) is 0 Å². The van der Waals surface area contributed by atoms with E-state index in [4.69, 9.17) is 10.2 Å². The molecule has 0 aromatic carbocycles. The SMILES string of the molecule is Nc1nnc(CNC(=O)[C@@H]2CCCC[C@H]2C(F)(F)F)o1. The monoisotopic (exact) mass is 292 g/mol. The highest BCUT2D eigenvalue weighted by Gasteiger charge is 2.47. The van der Waals surface area contributed by atoms with Gasteiger partial charge in [-0.3, -0.25) is 4.79 Å². The fourth-order valence-corrected chi connectivity index (χ4v) is 2.47. The van der Waals surface area contributed by atoms with Crippen LogP contribution in [0.25, 0.3) is 0 Å². The summed E-state index contributed by atoms with van der Waals surface area (Å²) < 4.78 is 43.5. The maximum Gasteiger partial charge on any atom is 0.392 e. The van der Waals surface area contributed by atoms with Crippen molar-refractivity contribution < 1.29 is 22.4 Å². The Hall–Kier alpha value is -1.80. The first-order valence-corrected chi connectivity index (χ1v) is 6.30. The van der Waals surface area contributed by atoms with Gasteiger partial charge in [-0.25, -0.2) is 0 Å². The lowest BCUT2D eigenvalue weighted by Gasteiger charge is -2.31. The lowest BCUT2D eigenvalue weighted by molar-refractivity contribution is -0.198. The molecule has 1 aliphatic rings. The normalized spacial score (nSPS) is 23.6. The molecule has 2 atom stereocenters. The number of amides is 1. The maximum atomic E-state index is 12.9. The molecule has 0 spiro atoms. The molecule has 0 aliphatic heterocycles. The molecule has 6 nitrogen and oxygen atoms in total. The van der Waals surface area contributed by atoms with Crippen molar-refractivity contribution in [2.24, 2.45) is 11.8 Å². The summed E-state index contributed by atoms with van der Waals surface area (Å²) >= 11 is 0. The first-order chi connectivity index (χ1) is 9.38. The molecule has 20 heavy (non-hydrogen) atoms. The molecule has 1 amide bonds. The highest BCUT2D eigenvalue weighted by atomic mass is 19.4. The van der Waals surface area contributed by atoms with Crippen molar-refractivity contribution in [2.45, 2.75) is 38.4 Å². The van der Waals surface area contributed by atoms with Crippen LogP contribution in [0.2, 0.25) is 0 Å². The van der Waals surface area contributed by atoms with Gasteiger partial charge in [-0.05, 0) is 12.8 Å². The zero-order chi connectivity index (χ0) is 14.8. The summed E-state index contributed by atoms with van der Waals surface area (Å²) in [5, 5.41) is 9.31. The number of anilines is 1. The number of nitrogen functional groups attached to an aromatic ring is 1. The minimum Gasteiger partial charge on any atom is -0.406 e. The third kappa shape index (κ3) is 3.40. The van der Waals surface area contributed by atoms with Crippen LogP contribution in [0.5, 0.6) is 0 Å². The van der Waals surface area contributed by atoms with E-state index >= 15 is 0 Å². The summed E-state index contributed by atoms with van der Waals surface area (Å²) in [4.78, 5) is 11.9. The van der Waals surface area contributed by atoms with Gasteiger partial charge < -0.3 is 15.5 Å². The molecule has 1 heterocycles. The third-order valence-electron chi connectivity index (χ3n) is 3.42. The maximum absolute atomic E-state index is 12.9. The van der Waals surface area contributed by atoms with Gasteiger partial charge in [-0.15, -0.1) is 5.10 Å². The van der Waals surface area contributed by atoms with Crippen LogP contribution in [0.1, 0.15) is 31.6 Å². The lowest BCUT2D eigenvalue weighted by atomic mass is 9.78. The number of nitrogens with two attached hydrogens (primary N) is 1. The molecular weight excluding hydrogens is 277 g/mol. The molecule has 1 aromatic heterocycles. The van der Waals surface area contributed by atoms with Gasteiger partial charge >= 0.3 is 12.2 Å². The standard InChI is InChI=1S/C11H15F3N4O2/c12-11(13,14)7-4-2-1-3-6(7)9(19)16-5-8-17-18-10(15)20-8/h6-7H,1-5H2,(H2,15,18)(H,16,19)/t6-,7-/m1/s1. The largest absolute Gasteiger partial charge is 0.406 e. The zero-order valence-corrected chi connectivity index (χ0v) is 10.6. The number of carbonyl (C=O) groups is 1. The van der Waals surface area contributed by atoms with E-state index in [1.807, 2.05) is 0 Å². The summed E-state index contributed by atoms with van der Waals surface area (Å²) in [5.41, 5.74) is 5.21. The second-order valence-corrected chi connectivity index (χ2v) is 4.79. The number of nitrogens with one attached hydrogen (secondary N) is 1. The minimum atomic E-state index is -4.35. The Morgan fingerprint density at radius 2 is 2.05 bits per heavy atom. The summed E-state index contributed by atoms with van der Waals surface area (Å²) in [6.07, 6.45) is -3.00. The van der Waals surface area contributed by atoms with Gasteiger partial charge in [0.25, 0.3) is 0 Å². The van der Waals surface area contributed by atoms with Crippen LogP contribution in [-0.4, -0.2) is 22.3 Å². The average Bonchev–Trinajstić information content (AvgIpc) is 2.81. The Labute approximate surface area is 112 Å². The van der Waals surface area contributed by atoms with Gasteiger partial charge in [-0.1, -0.05) is 17.9 Å². The van der Waals surface area contributed by atoms with Crippen LogP contribution >= 0.6 is 0 Å². The van der Waals surface area contributed by atoms with Crippen LogP contribution < -0.4 is 11.1 Å². The van der Waals surface area contributed by atoms with E-state index in [-0.39, 0.29) is 31.3 Å². The Bertz CT molecular complexity index is 474. The molecule has 0 saturated heterocycles. The molecule has 1 saturated carbocycles. The Morgan fingerprint density at radius 3 is 2.65 bits per heavy atom. The van der Waals surface area contributed by atoms with Crippen molar-refractivity contribution in [2.75, 3.05) is 5.73 Å². The van der Waals surface area contributed by atoms with Crippen LogP contribution in [0.4, 0.5) is 19.2 Å². The fourth-order valence-electron chi connectivity index (χ4n) is 2.47. The van der Waals surface area contributed by atoms with Gasteiger partial charge in [0, 0.05) is 5.92 Å². The number of rotatable bonds is 3. The summed E-state index contributed by atoms with van der Waals surface area (Å²) in [5.74, 6) is -3.20. The molecule has 1 aliphatic carbocycles. The van der Waals surface area contributed by atoms with Crippen LogP contribution in [-0.2, 0) is 11.3 Å². The molecule has 1 aromatic rings. The van der Waals surface area contributed by atoms with Crippen molar-refractivity contribution in [1.29, 1.82) is 0 Å². The molecule has 9 heteroatoms. The van der Waals surface area contributed by atoms with Gasteiger partial charge in [-0.2, -0.15) is 13.2 Å². The molecule has 3 N–H and O–H groups in total. The zero-order valence-electron chi connectivity index (χ0n) is 10.6. The van der Waals surface area contributed by atoms with Crippen LogP contribution in [0.15, 0.2) is 4.42 Å². The van der Waals surface area contributed by atoms with Crippen molar-refractivity contribution in [1.82, 2.24) is 15.5 Å². The summed E-state index contributed by atoms with van der Waals surface area (Å²) in [6.45, 7) is -0.121. The summed E-state index contributed by atoms with van der Waals surface area (Å²) in [7, 11) is 0. The molecule has 2 rings (SSSR count). The van der Waals surface area contributed by atoms with E-state index in [0.717, 1.165) is 0 Å². The van der Waals surface area contributed by atoms with E-state index in [1.54, 1.807) is 0 Å². The number of nitrogens with zero attached hydrogens (tertiary/aromatic N) is 2. The van der Waals surface area contributed by atoms with Crippen molar-refractivity contribution in [3.05, 3.63) is 5.89 Å². The quantitative estimate of drug-likeness (QED) is 0.883. The second kappa shape index (κ2) is 5.68. The number of hydrogen-bond acceptors (Lipinski definition) is 5. The Kier molecular flexibility index (Phi) is 4.15. The Balaban J connectivity index is 1.96. The molecule has 0 unspecified atom stereocenters. The second-order valence-electron chi connectivity index (χ2n) is 4.79. The smallest absolute Gasteiger partial charge is 0.392 e. The number of aromatic nitrogens is 2. The predicted molar refractivity (Wildman–Crippen MR) is 62.1 cm³/mol. The predicted octanol–water partition coefficient (Wildman–Crippen LogP) is 1.64. The van der Waals surface area contributed by atoms with Gasteiger partial charge in [0.05, 0.1) is 12.5 Å².